The number of nitrogens with one attached hydrogen (secondary N) is 3. The Morgan fingerprint density at radius 1 is 0.932 bits per heavy atom. The van der Waals surface area contributed by atoms with Gasteiger partial charge in [-0.2, -0.15) is 0 Å². The molecule has 8 atom stereocenters. The molecule has 2 aliphatic heterocycles. The fourth-order valence-electron chi connectivity index (χ4n) is 7.30. The Labute approximate surface area is 342 Å². The van der Waals surface area contributed by atoms with Gasteiger partial charge in [-0.1, -0.05) is 0 Å². The smallest absolute Gasteiger partial charge is 0.320 e. The van der Waals surface area contributed by atoms with Gasteiger partial charge >= 0.3 is 5.97 Å². The summed E-state index contributed by atoms with van der Waals surface area (Å²) in [7, 11) is 0. The van der Waals surface area contributed by atoms with E-state index in [1.54, 1.807) is 0 Å². The first-order valence-corrected chi connectivity index (χ1v) is 20.2. The Bertz CT molecular complexity index is 1700. The third kappa shape index (κ3) is 13.2. The van der Waals surface area contributed by atoms with Crippen molar-refractivity contribution in [1.82, 2.24) is 45.3 Å². The molecule has 2 saturated heterocycles. The van der Waals surface area contributed by atoms with Crippen molar-refractivity contribution in [3.8, 4) is 0 Å². The number of amides is 4. The summed E-state index contributed by atoms with van der Waals surface area (Å²) in [5.41, 5.74) is 29.1. The van der Waals surface area contributed by atoms with E-state index >= 15 is 0 Å². The second-order valence-corrected chi connectivity index (χ2v) is 15.0. The van der Waals surface area contributed by atoms with E-state index in [2.05, 4.69) is 30.9 Å². The second-order valence-electron chi connectivity index (χ2n) is 15.0. The molecule has 0 spiro atoms. The van der Waals surface area contributed by atoms with E-state index in [-0.39, 0.29) is 44.2 Å². The zero-order valence-electron chi connectivity index (χ0n) is 33.4. The van der Waals surface area contributed by atoms with Gasteiger partial charge < -0.3 is 74.5 Å². The van der Waals surface area contributed by atoms with Crippen molar-refractivity contribution >= 4 is 46.6 Å². The zero-order valence-corrected chi connectivity index (χ0v) is 33.4. The van der Waals surface area contributed by atoms with E-state index in [1.807, 2.05) is 4.90 Å². The lowest BCUT2D eigenvalue weighted by molar-refractivity contribution is -0.139. The first kappa shape index (κ1) is 47.1. The van der Waals surface area contributed by atoms with E-state index in [9.17, 15) is 39.3 Å². The monoisotopic (exact) mass is 834 g/mol. The molecule has 0 aliphatic carbocycles. The molecule has 23 heteroatoms. The number of rotatable bonds is 26. The molecular formula is C36H62N14O9. The lowest BCUT2D eigenvalue weighted by Gasteiger charge is -2.28. The van der Waals surface area contributed by atoms with Gasteiger partial charge in [-0.05, 0) is 90.4 Å². The van der Waals surface area contributed by atoms with E-state index in [4.69, 9.17) is 33.4 Å². The van der Waals surface area contributed by atoms with Crippen LogP contribution in [0.2, 0.25) is 0 Å². The van der Waals surface area contributed by atoms with Crippen molar-refractivity contribution in [2.45, 2.75) is 113 Å². The maximum Gasteiger partial charge on any atom is 0.320 e. The molecule has 4 amide bonds. The van der Waals surface area contributed by atoms with Gasteiger partial charge in [0.2, 0.25) is 23.6 Å². The van der Waals surface area contributed by atoms with Crippen LogP contribution in [0.5, 0.6) is 0 Å². The maximum absolute atomic E-state index is 13.5. The van der Waals surface area contributed by atoms with Crippen molar-refractivity contribution in [2.24, 2.45) is 22.9 Å². The SMILES string of the molecule is NCCCC[C@H](NC(=O)[C@H](CCCCN)NC(=O)[C@@H]1CCCN1C(=O)CNCCCN(CC[C@H](N)C(=O)O)C[C@H]1O[C@@H](n2cnc3c(N)ncnc32)[C@H](O)[C@@H]1O)C(N)=O. The quantitative estimate of drug-likeness (QED) is 0.0400. The number of hydrogen-bond donors (Lipinski definition) is 11. The number of aliphatic hydroxyl groups is 2. The molecule has 4 rings (SSSR count). The predicted molar refractivity (Wildman–Crippen MR) is 213 cm³/mol. The van der Waals surface area contributed by atoms with Crippen molar-refractivity contribution < 1.29 is 44.0 Å². The van der Waals surface area contributed by atoms with Gasteiger partial charge in [-0.15, -0.1) is 0 Å². The number of ether oxygens (including phenoxy) is 1. The molecule has 4 heterocycles. The number of nitrogens with two attached hydrogens (primary N) is 5. The summed E-state index contributed by atoms with van der Waals surface area (Å²) in [6.45, 7) is 2.26. The lowest BCUT2D eigenvalue weighted by Crippen LogP contribution is -2.56. The summed E-state index contributed by atoms with van der Waals surface area (Å²) in [6.07, 6.45) is 2.71. The fourth-order valence-corrected chi connectivity index (χ4v) is 7.30. The van der Waals surface area contributed by atoms with Crippen LogP contribution >= 0.6 is 0 Å². The number of nitrogen functional groups attached to an aromatic ring is 1. The Balaban J connectivity index is 1.30. The molecule has 0 bridgehead atoms. The third-order valence-corrected chi connectivity index (χ3v) is 10.7. The van der Waals surface area contributed by atoms with Crippen LogP contribution in [0.25, 0.3) is 11.2 Å². The highest BCUT2D eigenvalue weighted by Crippen LogP contribution is 2.32. The summed E-state index contributed by atoms with van der Waals surface area (Å²) < 4.78 is 7.56. The van der Waals surface area contributed by atoms with Gasteiger partial charge in [0.05, 0.1) is 12.9 Å². The molecule has 2 fully saturated rings. The van der Waals surface area contributed by atoms with Crippen LogP contribution in [0.4, 0.5) is 5.82 Å². The number of unbranched alkanes of at least 4 members (excludes halogenated alkanes) is 2. The second kappa shape index (κ2) is 23.2. The number of nitrogens with zero attached hydrogens (tertiary/aromatic N) is 6. The minimum absolute atomic E-state index is 0.0670. The van der Waals surface area contributed by atoms with Gasteiger partial charge in [0.25, 0.3) is 0 Å². The van der Waals surface area contributed by atoms with Crippen LogP contribution in [0, 0.1) is 0 Å². The minimum Gasteiger partial charge on any atom is -0.480 e. The first-order chi connectivity index (χ1) is 28.3. The van der Waals surface area contributed by atoms with Crippen molar-refractivity contribution in [3.63, 3.8) is 0 Å². The number of aromatic nitrogens is 4. The molecule has 0 unspecified atom stereocenters. The molecule has 59 heavy (non-hydrogen) atoms. The highest BCUT2D eigenvalue weighted by molar-refractivity contribution is 5.94. The van der Waals surface area contributed by atoms with Crippen LogP contribution in [0.15, 0.2) is 12.7 Å². The molecule has 2 aliphatic rings. The highest BCUT2D eigenvalue weighted by atomic mass is 16.6. The van der Waals surface area contributed by atoms with Gasteiger partial charge in [0.1, 0.15) is 54.3 Å². The molecule has 23 nitrogen and oxygen atoms in total. The minimum atomic E-state index is -1.34. The van der Waals surface area contributed by atoms with Gasteiger partial charge in [-0.25, -0.2) is 15.0 Å². The van der Waals surface area contributed by atoms with Crippen LogP contribution in [0.3, 0.4) is 0 Å². The predicted octanol–water partition coefficient (Wildman–Crippen LogP) is -4.18. The summed E-state index contributed by atoms with van der Waals surface area (Å²) in [4.78, 5) is 79.4. The number of hydrogen-bond acceptors (Lipinski definition) is 17. The number of anilines is 1. The van der Waals surface area contributed by atoms with Gasteiger partial charge in [0, 0.05) is 19.6 Å². The fraction of sp³-hybridized carbons (Fsp3) is 0.722. The number of carboxylic acid groups (broad SMARTS) is 1. The number of fused-ring (bicyclic) bond motifs is 1. The normalized spacial score (nSPS) is 22.1. The number of primary amides is 1. The number of carbonyl (C=O) groups is 5. The molecular weight excluding hydrogens is 772 g/mol. The number of carbonyl (C=O) groups excluding carboxylic acids is 4. The molecule has 330 valence electrons. The van der Waals surface area contributed by atoms with Crippen molar-refractivity contribution in [1.29, 1.82) is 0 Å². The number of imidazole rings is 1. The zero-order chi connectivity index (χ0) is 43.1. The summed E-state index contributed by atoms with van der Waals surface area (Å²) in [6, 6.07) is -3.79. The molecule has 0 saturated carbocycles. The maximum atomic E-state index is 13.5. The molecule has 0 aromatic carbocycles. The lowest BCUT2D eigenvalue weighted by atomic mass is 10.0. The Hall–Kier alpha value is -4.62. The van der Waals surface area contributed by atoms with Gasteiger partial charge in [0.15, 0.2) is 17.7 Å². The highest BCUT2D eigenvalue weighted by Gasteiger charge is 2.45. The van der Waals surface area contributed by atoms with E-state index in [0.717, 1.165) is 0 Å². The van der Waals surface area contributed by atoms with Crippen LogP contribution in [-0.4, -0.2) is 169 Å². The Morgan fingerprint density at radius 2 is 1.64 bits per heavy atom. The molecule has 2 aromatic rings. The third-order valence-electron chi connectivity index (χ3n) is 10.7. The Morgan fingerprint density at radius 3 is 2.32 bits per heavy atom. The van der Waals surface area contributed by atoms with E-state index in [0.29, 0.717) is 95.3 Å². The summed E-state index contributed by atoms with van der Waals surface area (Å²) in [5, 5.41) is 39.9. The summed E-state index contributed by atoms with van der Waals surface area (Å²) in [5.74, 6) is -3.01. The largest absolute Gasteiger partial charge is 0.480 e. The van der Waals surface area contributed by atoms with Crippen molar-refractivity contribution in [3.05, 3.63) is 12.7 Å². The average Bonchev–Trinajstić information content (AvgIpc) is 3.94. The standard InChI is InChI=1S/C36H62N14O9/c37-11-3-1-7-22(31(41)54)46-33(55)23(8-2-4-12-38)47-34(56)24-9-5-15-49(24)26(51)17-42-13-6-14-48(16-10-21(39)36(57)58)18-25-28(52)29(53)35(59-25)50-20-45-27-30(40)43-19-44-32(27)50/h19-25,28-29,35,42,52-53H,1-18,37-39H2,(H2,41,54)(H,46,55)(H,47,56)(H,57,58)(H2,40,43,44)/t21-,22-,23-,24-,25+,28+,29+,35+/m0/s1. The van der Waals surface area contributed by atoms with E-state index in [1.165, 1.54) is 22.1 Å². The van der Waals surface area contributed by atoms with Crippen LogP contribution in [0.1, 0.15) is 70.4 Å². The topological polar surface area (TPSA) is 372 Å². The summed E-state index contributed by atoms with van der Waals surface area (Å²) >= 11 is 0. The average molecular weight is 835 g/mol. The molecule has 16 N–H and O–H groups in total. The number of likely N-dealkylation sites (tertiary alicyclic amines) is 1. The van der Waals surface area contributed by atoms with Crippen LogP contribution in [-0.2, 0) is 28.7 Å². The molecule has 0 radical (unpaired) electrons. The first-order valence-electron chi connectivity index (χ1n) is 20.2. The van der Waals surface area contributed by atoms with Gasteiger partial charge in [-0.3, -0.25) is 28.5 Å². The van der Waals surface area contributed by atoms with Crippen molar-refractivity contribution in [2.75, 3.05) is 58.1 Å². The number of carboxylic acids is 1. The number of aliphatic carboxylic acids is 1. The number of aliphatic hydroxyl groups excluding tert-OH is 2. The van der Waals surface area contributed by atoms with E-state index < -0.39 is 72.4 Å². The Kier molecular flexibility index (Phi) is 18.5. The van der Waals surface area contributed by atoms with Crippen LogP contribution < -0.4 is 44.6 Å². The molecule has 2 aromatic heterocycles.